The summed E-state index contributed by atoms with van der Waals surface area (Å²) in [6.45, 7) is 1.99. The molecular weight excluding hydrogens is 336 g/mol. The Morgan fingerprint density at radius 2 is 2.25 bits per heavy atom. The Labute approximate surface area is 131 Å². The molecule has 0 saturated heterocycles. The molecule has 1 amide bonds. The van der Waals surface area contributed by atoms with E-state index in [1.165, 1.54) is 0 Å². The summed E-state index contributed by atoms with van der Waals surface area (Å²) in [5.74, 6) is 0.0672. The van der Waals surface area contributed by atoms with E-state index in [9.17, 15) is 4.79 Å². The topological polar surface area (TPSA) is 42.0 Å². The molecule has 2 rings (SSSR count). The van der Waals surface area contributed by atoms with Gasteiger partial charge in [-0.25, -0.2) is 4.98 Å². The Kier molecular flexibility index (Phi) is 5.73. The number of nitrogens with zero attached hydrogens (tertiary/aromatic N) is 1. The van der Waals surface area contributed by atoms with E-state index in [1.54, 1.807) is 11.3 Å². The first kappa shape index (κ1) is 15.2. The summed E-state index contributed by atoms with van der Waals surface area (Å²) < 4.78 is 0. The van der Waals surface area contributed by atoms with Gasteiger partial charge in [-0.3, -0.25) is 4.79 Å². The number of aromatic nitrogens is 1. The van der Waals surface area contributed by atoms with E-state index < -0.39 is 0 Å². The van der Waals surface area contributed by atoms with E-state index in [4.69, 9.17) is 0 Å². The lowest BCUT2D eigenvalue weighted by Crippen LogP contribution is -2.11. The SMILES string of the molecule is Cc1nc(-c2cccc(NC(=O)CCCCBr)c2)cs1. The molecule has 1 aromatic carbocycles. The second-order valence-electron chi connectivity index (χ2n) is 4.53. The number of nitrogens with one attached hydrogen (secondary N) is 1. The van der Waals surface area contributed by atoms with E-state index in [0.29, 0.717) is 6.42 Å². The van der Waals surface area contributed by atoms with Crippen molar-refractivity contribution >= 4 is 38.9 Å². The zero-order valence-corrected chi connectivity index (χ0v) is 13.8. The van der Waals surface area contributed by atoms with Gasteiger partial charge in [0.15, 0.2) is 0 Å². The fourth-order valence-electron chi connectivity index (χ4n) is 1.86. The van der Waals surface area contributed by atoms with Crippen LogP contribution >= 0.6 is 27.3 Å². The molecule has 20 heavy (non-hydrogen) atoms. The number of hydrogen-bond acceptors (Lipinski definition) is 3. The first-order valence-electron chi connectivity index (χ1n) is 6.57. The van der Waals surface area contributed by atoms with Crippen LogP contribution in [0, 0.1) is 6.92 Å². The standard InChI is InChI=1S/C15H17BrN2OS/c1-11-17-14(10-20-11)12-5-4-6-13(9-12)18-15(19)7-2-3-8-16/h4-6,9-10H,2-3,7-8H2,1H3,(H,18,19). The molecule has 0 aliphatic rings. The molecule has 0 atom stereocenters. The van der Waals surface area contributed by atoms with E-state index >= 15 is 0 Å². The highest BCUT2D eigenvalue weighted by atomic mass is 79.9. The molecule has 0 radical (unpaired) electrons. The number of amides is 1. The van der Waals surface area contributed by atoms with Crippen molar-refractivity contribution in [3.8, 4) is 11.3 Å². The van der Waals surface area contributed by atoms with Crippen molar-refractivity contribution in [3.63, 3.8) is 0 Å². The third-order valence-electron chi connectivity index (χ3n) is 2.85. The lowest BCUT2D eigenvalue weighted by atomic mass is 10.1. The summed E-state index contributed by atoms with van der Waals surface area (Å²) in [6.07, 6.45) is 2.49. The number of halogens is 1. The highest BCUT2D eigenvalue weighted by Gasteiger charge is 2.05. The average molecular weight is 353 g/mol. The Morgan fingerprint density at radius 1 is 1.40 bits per heavy atom. The van der Waals surface area contributed by atoms with Crippen LogP contribution < -0.4 is 5.32 Å². The van der Waals surface area contributed by atoms with Gasteiger partial charge in [0.2, 0.25) is 5.91 Å². The van der Waals surface area contributed by atoms with Gasteiger partial charge in [-0.15, -0.1) is 11.3 Å². The van der Waals surface area contributed by atoms with E-state index in [0.717, 1.165) is 40.1 Å². The average Bonchev–Trinajstić information content (AvgIpc) is 2.86. The van der Waals surface area contributed by atoms with E-state index in [1.807, 2.05) is 36.6 Å². The third-order valence-corrected chi connectivity index (χ3v) is 4.18. The van der Waals surface area contributed by atoms with Gasteiger partial charge >= 0.3 is 0 Å². The minimum absolute atomic E-state index is 0.0672. The number of thiazole rings is 1. The minimum Gasteiger partial charge on any atom is -0.326 e. The monoisotopic (exact) mass is 352 g/mol. The number of benzene rings is 1. The van der Waals surface area contributed by atoms with Gasteiger partial charge in [-0.1, -0.05) is 28.1 Å². The molecule has 1 heterocycles. The van der Waals surface area contributed by atoms with Crippen LogP contribution in [0.1, 0.15) is 24.3 Å². The molecular formula is C15H17BrN2OS. The van der Waals surface area contributed by atoms with Crippen molar-refractivity contribution < 1.29 is 4.79 Å². The molecule has 1 aromatic heterocycles. The van der Waals surface area contributed by atoms with E-state index in [-0.39, 0.29) is 5.91 Å². The zero-order valence-electron chi connectivity index (χ0n) is 11.4. The van der Waals surface area contributed by atoms with Crippen LogP contribution in [0.4, 0.5) is 5.69 Å². The molecule has 106 valence electrons. The summed E-state index contributed by atoms with van der Waals surface area (Å²) in [5, 5.41) is 6.96. The number of alkyl halides is 1. The van der Waals surface area contributed by atoms with Gasteiger partial charge in [-0.05, 0) is 31.9 Å². The Bertz CT molecular complexity index is 583. The number of anilines is 1. The first-order chi connectivity index (χ1) is 9.69. The maximum atomic E-state index is 11.8. The zero-order chi connectivity index (χ0) is 14.4. The predicted octanol–water partition coefficient (Wildman–Crippen LogP) is 4.62. The highest BCUT2D eigenvalue weighted by molar-refractivity contribution is 9.09. The summed E-state index contributed by atoms with van der Waals surface area (Å²) in [7, 11) is 0. The lowest BCUT2D eigenvalue weighted by molar-refractivity contribution is -0.116. The molecule has 0 fully saturated rings. The van der Waals surface area contributed by atoms with Gasteiger partial charge in [-0.2, -0.15) is 0 Å². The van der Waals surface area contributed by atoms with Crippen LogP contribution in [0.2, 0.25) is 0 Å². The molecule has 0 aliphatic heterocycles. The molecule has 0 bridgehead atoms. The van der Waals surface area contributed by atoms with Crippen molar-refractivity contribution in [3.05, 3.63) is 34.7 Å². The second-order valence-corrected chi connectivity index (χ2v) is 6.38. The summed E-state index contributed by atoms with van der Waals surface area (Å²) in [4.78, 5) is 16.3. The fourth-order valence-corrected chi connectivity index (χ4v) is 2.87. The number of carbonyl (C=O) groups excluding carboxylic acids is 1. The minimum atomic E-state index is 0.0672. The molecule has 3 nitrogen and oxygen atoms in total. The first-order valence-corrected chi connectivity index (χ1v) is 8.57. The number of rotatable bonds is 6. The Balaban J connectivity index is 2.01. The van der Waals surface area contributed by atoms with Crippen LogP contribution in [-0.2, 0) is 4.79 Å². The normalized spacial score (nSPS) is 10.5. The van der Waals surface area contributed by atoms with Crippen LogP contribution in [0.25, 0.3) is 11.3 Å². The van der Waals surface area contributed by atoms with Gasteiger partial charge in [0, 0.05) is 28.4 Å². The van der Waals surface area contributed by atoms with E-state index in [2.05, 4.69) is 26.2 Å². The summed E-state index contributed by atoms with van der Waals surface area (Å²) in [6, 6.07) is 7.83. The molecule has 0 unspecified atom stereocenters. The summed E-state index contributed by atoms with van der Waals surface area (Å²) in [5.41, 5.74) is 2.83. The largest absolute Gasteiger partial charge is 0.326 e. The van der Waals surface area contributed by atoms with Gasteiger partial charge in [0.1, 0.15) is 0 Å². The second kappa shape index (κ2) is 7.55. The van der Waals surface area contributed by atoms with Crippen molar-refractivity contribution in [1.82, 2.24) is 4.98 Å². The highest BCUT2D eigenvalue weighted by Crippen LogP contribution is 2.24. The smallest absolute Gasteiger partial charge is 0.224 e. The van der Waals surface area contributed by atoms with Crippen molar-refractivity contribution in [2.24, 2.45) is 0 Å². The molecule has 1 N–H and O–H groups in total. The fraction of sp³-hybridized carbons (Fsp3) is 0.333. The molecule has 0 saturated carbocycles. The van der Waals surface area contributed by atoms with Crippen LogP contribution in [-0.4, -0.2) is 16.2 Å². The van der Waals surface area contributed by atoms with Crippen LogP contribution in [0.5, 0.6) is 0 Å². The Hall–Kier alpha value is -1.20. The van der Waals surface area contributed by atoms with Gasteiger partial charge in [0.05, 0.1) is 10.7 Å². The van der Waals surface area contributed by atoms with Crippen molar-refractivity contribution in [2.75, 3.05) is 10.6 Å². The van der Waals surface area contributed by atoms with Gasteiger partial charge in [0.25, 0.3) is 0 Å². The molecule has 5 heteroatoms. The molecule has 0 spiro atoms. The predicted molar refractivity (Wildman–Crippen MR) is 88.6 cm³/mol. The number of hydrogen-bond donors (Lipinski definition) is 1. The number of carbonyl (C=O) groups is 1. The number of aryl methyl sites for hydroxylation is 1. The van der Waals surface area contributed by atoms with Gasteiger partial charge < -0.3 is 5.32 Å². The quantitative estimate of drug-likeness (QED) is 0.608. The molecule has 2 aromatic rings. The third kappa shape index (κ3) is 4.42. The summed E-state index contributed by atoms with van der Waals surface area (Å²) >= 11 is 5.00. The maximum absolute atomic E-state index is 11.8. The molecule has 0 aliphatic carbocycles. The maximum Gasteiger partial charge on any atom is 0.224 e. The number of unbranched alkanes of at least 4 members (excludes halogenated alkanes) is 1. The van der Waals surface area contributed by atoms with Crippen LogP contribution in [0.3, 0.4) is 0 Å². The van der Waals surface area contributed by atoms with Crippen LogP contribution in [0.15, 0.2) is 29.6 Å². The van der Waals surface area contributed by atoms with Crippen molar-refractivity contribution in [2.45, 2.75) is 26.2 Å². The van der Waals surface area contributed by atoms with Crippen molar-refractivity contribution in [1.29, 1.82) is 0 Å². The lowest BCUT2D eigenvalue weighted by Gasteiger charge is -2.06. The Morgan fingerprint density at radius 3 is 2.95 bits per heavy atom.